The Morgan fingerprint density at radius 1 is 1.17 bits per heavy atom. The van der Waals surface area contributed by atoms with Crippen LogP contribution in [-0.4, -0.2) is 50.8 Å². The number of hydrazone groups is 1. The van der Waals surface area contributed by atoms with Gasteiger partial charge in [0.05, 0.1) is 17.8 Å². The number of ether oxygens (including phenoxy) is 2. The molecule has 1 N–H and O–H groups in total. The molecular formula is C24H25ClN4O5S. The molecule has 184 valence electrons. The molecular weight excluding hydrogens is 492 g/mol. The summed E-state index contributed by atoms with van der Waals surface area (Å²) in [7, 11) is -3.85. The minimum atomic E-state index is -3.85. The predicted octanol–water partition coefficient (Wildman–Crippen LogP) is 3.69. The Labute approximate surface area is 208 Å². The molecule has 0 unspecified atom stereocenters. The third-order valence-corrected chi connectivity index (χ3v) is 7.86. The first-order chi connectivity index (χ1) is 16.9. The summed E-state index contributed by atoms with van der Waals surface area (Å²) in [6, 6.07) is 10.1. The van der Waals surface area contributed by atoms with Gasteiger partial charge < -0.3 is 14.8 Å². The number of halogens is 1. The number of hydrogen-bond donors (Lipinski definition) is 1. The maximum atomic E-state index is 12.7. The van der Waals surface area contributed by atoms with Crippen LogP contribution < -0.4 is 14.8 Å². The summed E-state index contributed by atoms with van der Waals surface area (Å²) in [6.07, 6.45) is 7.02. The molecule has 1 fully saturated rings. The van der Waals surface area contributed by atoms with Crippen LogP contribution in [0.25, 0.3) is 0 Å². The van der Waals surface area contributed by atoms with Gasteiger partial charge in [0.1, 0.15) is 4.90 Å². The predicted molar refractivity (Wildman–Crippen MR) is 132 cm³/mol. The summed E-state index contributed by atoms with van der Waals surface area (Å²) < 4.78 is 40.0. The maximum absolute atomic E-state index is 12.7. The van der Waals surface area contributed by atoms with Crippen LogP contribution in [0.1, 0.15) is 49.7 Å². The second-order valence-corrected chi connectivity index (χ2v) is 10.6. The van der Waals surface area contributed by atoms with Crippen LogP contribution in [0.5, 0.6) is 11.5 Å². The second-order valence-electron chi connectivity index (χ2n) is 8.63. The van der Waals surface area contributed by atoms with E-state index < -0.39 is 10.0 Å². The maximum Gasteiger partial charge on any atom is 0.285 e. The molecule has 0 bridgehead atoms. The smallest absolute Gasteiger partial charge is 0.285 e. The number of sulfonamides is 1. The number of amidine groups is 1. The molecule has 2 aromatic rings. The van der Waals surface area contributed by atoms with Crippen molar-refractivity contribution in [3.63, 3.8) is 0 Å². The number of fused-ring (bicyclic) bond motifs is 2. The minimum Gasteiger partial charge on any atom is -0.454 e. The van der Waals surface area contributed by atoms with Crippen molar-refractivity contribution in [1.29, 1.82) is 0 Å². The van der Waals surface area contributed by atoms with Gasteiger partial charge in [-0.2, -0.15) is 13.5 Å². The van der Waals surface area contributed by atoms with E-state index in [9.17, 15) is 13.2 Å². The normalized spacial score (nSPS) is 18.4. The fourth-order valence-electron chi connectivity index (χ4n) is 4.41. The number of carbonyl (C=O) groups is 1. The highest BCUT2D eigenvalue weighted by atomic mass is 35.5. The topological polar surface area (TPSA) is 110 Å². The number of benzene rings is 2. The molecule has 0 saturated heterocycles. The molecule has 9 nitrogen and oxygen atoms in total. The van der Waals surface area contributed by atoms with Gasteiger partial charge in [-0.25, -0.2) is 5.01 Å². The average molecular weight is 517 g/mol. The molecule has 2 aromatic carbocycles. The Kier molecular flexibility index (Phi) is 6.66. The zero-order valence-electron chi connectivity index (χ0n) is 18.9. The monoisotopic (exact) mass is 516 g/mol. The van der Waals surface area contributed by atoms with E-state index in [1.54, 1.807) is 30.3 Å². The van der Waals surface area contributed by atoms with Crippen LogP contribution in [0.3, 0.4) is 0 Å². The highest BCUT2D eigenvalue weighted by Gasteiger charge is 2.32. The first-order valence-electron chi connectivity index (χ1n) is 11.5. The quantitative estimate of drug-likeness (QED) is 0.463. The molecule has 0 atom stereocenters. The fraction of sp³-hybridized carbons (Fsp3) is 0.375. The average Bonchev–Trinajstić information content (AvgIpc) is 3.41. The largest absolute Gasteiger partial charge is 0.454 e. The van der Waals surface area contributed by atoms with Crippen molar-refractivity contribution in [3.8, 4) is 11.5 Å². The molecule has 0 spiro atoms. The van der Waals surface area contributed by atoms with Gasteiger partial charge in [0.25, 0.3) is 10.0 Å². The van der Waals surface area contributed by atoms with Crippen molar-refractivity contribution in [2.75, 3.05) is 13.3 Å². The van der Waals surface area contributed by atoms with Crippen molar-refractivity contribution < 1.29 is 22.7 Å². The fourth-order valence-corrected chi connectivity index (χ4v) is 5.82. The van der Waals surface area contributed by atoms with Crippen LogP contribution in [-0.2, 0) is 14.8 Å². The number of nitrogens with zero attached hydrogens (tertiary/aromatic N) is 3. The van der Waals surface area contributed by atoms with Gasteiger partial charge in [0.15, 0.2) is 17.3 Å². The van der Waals surface area contributed by atoms with E-state index in [1.807, 2.05) is 0 Å². The van der Waals surface area contributed by atoms with E-state index in [0.717, 1.165) is 25.7 Å². The van der Waals surface area contributed by atoms with Gasteiger partial charge in [-0.05, 0) is 31.0 Å². The standard InChI is InChI=1S/C24H25ClN4O5S/c25-19-13-21-20(33-15-34-21)12-16(19)14-26-29(11-10-23(30)27-17-6-2-1-3-7-17)24-18-8-4-5-9-22(18)35(31,32)28-24/h4-5,8-9,12-14,17H,1-3,6-7,10-11,15H2,(H,27,30). The third-order valence-electron chi connectivity index (χ3n) is 6.21. The van der Waals surface area contributed by atoms with Crippen molar-refractivity contribution >= 4 is 39.6 Å². The van der Waals surface area contributed by atoms with Crippen molar-refractivity contribution in [2.24, 2.45) is 9.50 Å². The van der Waals surface area contributed by atoms with Gasteiger partial charge in [-0.15, -0.1) is 4.40 Å². The summed E-state index contributed by atoms with van der Waals surface area (Å²) >= 11 is 6.38. The van der Waals surface area contributed by atoms with E-state index in [2.05, 4.69) is 14.8 Å². The van der Waals surface area contributed by atoms with Gasteiger partial charge >= 0.3 is 0 Å². The van der Waals surface area contributed by atoms with E-state index >= 15 is 0 Å². The first kappa shape index (κ1) is 23.6. The van der Waals surface area contributed by atoms with Crippen LogP contribution in [0.15, 0.2) is 50.8 Å². The van der Waals surface area contributed by atoms with E-state index in [4.69, 9.17) is 21.1 Å². The van der Waals surface area contributed by atoms with E-state index in [1.165, 1.54) is 23.7 Å². The molecule has 35 heavy (non-hydrogen) atoms. The van der Waals surface area contributed by atoms with Gasteiger partial charge in [-0.3, -0.25) is 4.79 Å². The molecule has 1 saturated carbocycles. The molecule has 1 amide bonds. The highest BCUT2D eigenvalue weighted by Crippen LogP contribution is 2.36. The lowest BCUT2D eigenvalue weighted by Gasteiger charge is -2.24. The number of rotatable bonds is 6. The number of hydrogen-bond acceptors (Lipinski definition) is 7. The van der Waals surface area contributed by atoms with Crippen molar-refractivity contribution in [1.82, 2.24) is 10.3 Å². The zero-order chi connectivity index (χ0) is 24.4. The van der Waals surface area contributed by atoms with E-state index in [0.29, 0.717) is 27.6 Å². The Morgan fingerprint density at radius 2 is 1.91 bits per heavy atom. The summed E-state index contributed by atoms with van der Waals surface area (Å²) in [5, 5.41) is 9.41. The molecule has 5 rings (SSSR count). The highest BCUT2D eigenvalue weighted by molar-refractivity contribution is 7.90. The number of amides is 1. The van der Waals surface area contributed by atoms with Crippen LogP contribution in [0.2, 0.25) is 5.02 Å². The molecule has 2 aliphatic heterocycles. The summed E-state index contributed by atoms with van der Waals surface area (Å²) in [6.45, 7) is 0.250. The third kappa shape index (κ3) is 5.13. The lowest BCUT2D eigenvalue weighted by atomic mass is 9.95. The molecule has 3 aliphatic rings. The lowest BCUT2D eigenvalue weighted by molar-refractivity contribution is -0.122. The SMILES string of the molecule is O=C(CCN(N=Cc1cc2c(cc1Cl)OCO2)C1=NS(=O)(=O)c2ccccc21)NC1CCCCC1. The summed E-state index contributed by atoms with van der Waals surface area (Å²) in [5.41, 5.74) is 0.997. The van der Waals surface area contributed by atoms with Crippen molar-refractivity contribution in [3.05, 3.63) is 52.5 Å². The minimum absolute atomic E-state index is 0.104. The Hall–Kier alpha value is -3.11. The molecule has 2 heterocycles. The lowest BCUT2D eigenvalue weighted by Crippen LogP contribution is -2.38. The Morgan fingerprint density at radius 3 is 2.71 bits per heavy atom. The van der Waals surface area contributed by atoms with Gasteiger partial charge in [-0.1, -0.05) is 43.0 Å². The van der Waals surface area contributed by atoms with Crippen LogP contribution >= 0.6 is 11.6 Å². The van der Waals surface area contributed by atoms with Crippen molar-refractivity contribution in [2.45, 2.75) is 49.5 Å². The summed E-state index contributed by atoms with van der Waals surface area (Å²) in [4.78, 5) is 12.8. The first-order valence-corrected chi connectivity index (χ1v) is 13.4. The molecule has 0 radical (unpaired) electrons. The Bertz CT molecular complexity index is 1300. The van der Waals surface area contributed by atoms with Gasteiger partial charge in [0, 0.05) is 29.7 Å². The molecule has 11 heteroatoms. The van der Waals surface area contributed by atoms with Gasteiger partial charge in [0.2, 0.25) is 12.7 Å². The summed E-state index contributed by atoms with van der Waals surface area (Å²) in [5.74, 6) is 1.15. The molecule has 0 aromatic heterocycles. The molecule has 1 aliphatic carbocycles. The Balaban J connectivity index is 1.40. The number of carbonyl (C=O) groups excluding carboxylic acids is 1. The second kappa shape index (κ2) is 9.87. The zero-order valence-corrected chi connectivity index (χ0v) is 20.5. The van der Waals surface area contributed by atoms with Crippen LogP contribution in [0.4, 0.5) is 0 Å². The van der Waals surface area contributed by atoms with Crippen LogP contribution in [0, 0.1) is 0 Å². The van der Waals surface area contributed by atoms with E-state index in [-0.39, 0.29) is 42.4 Å². The number of nitrogens with one attached hydrogen (secondary N) is 1.